The average Bonchev–Trinajstić information content (AvgIpc) is 1.43. The number of phosphoric acid groups is 3. The van der Waals surface area contributed by atoms with Gasteiger partial charge in [-0.1, -0.05) is 0 Å². The summed E-state index contributed by atoms with van der Waals surface area (Å²) in [5.74, 6) is 0. The van der Waals surface area contributed by atoms with Gasteiger partial charge >= 0.3 is 212 Å². The SMILES string of the molecule is O.O=P(O)(O)OP(=O)(O)OP(=O)(O)O.[Ca+2].[Ca+2].[Ca+2].[Ca+2].[Ca+2].[H-].[H-].[H-].[H-].[H-].[H-].[H-].[H-].[H-].[H-]. The molecule has 0 aliphatic carbocycles. The Bertz CT molecular complexity index is 315. The van der Waals surface area contributed by atoms with Crippen molar-refractivity contribution in [2.45, 2.75) is 0 Å². The molecule has 19 heteroatoms. The molecule has 0 rings (SSSR count). The molecule has 0 atom stereocenters. The third-order valence-corrected chi connectivity index (χ3v) is 3.77. The van der Waals surface area contributed by atoms with Gasteiger partial charge in [-0.3, -0.25) is 0 Å². The van der Waals surface area contributed by atoms with E-state index in [9.17, 15) is 13.7 Å². The van der Waals surface area contributed by atoms with Crippen molar-refractivity contribution < 1.29 is 66.5 Å². The van der Waals surface area contributed by atoms with E-state index in [1.54, 1.807) is 0 Å². The monoisotopic (exact) mass is 486 g/mol. The van der Waals surface area contributed by atoms with Gasteiger partial charge in [-0.15, -0.1) is 0 Å². The van der Waals surface area contributed by atoms with Gasteiger partial charge in [-0.25, -0.2) is 13.7 Å². The fourth-order valence-corrected chi connectivity index (χ4v) is 2.82. The first-order chi connectivity index (χ1) is 5.41. The van der Waals surface area contributed by atoms with Crippen molar-refractivity contribution in [3.63, 3.8) is 0 Å². The molecule has 0 heterocycles. The summed E-state index contributed by atoms with van der Waals surface area (Å²) in [7, 11) is -16.2. The van der Waals surface area contributed by atoms with Gasteiger partial charge in [0.1, 0.15) is 0 Å². The van der Waals surface area contributed by atoms with Crippen LogP contribution in [0.5, 0.6) is 0 Å². The average molecular weight is 486 g/mol. The van der Waals surface area contributed by atoms with E-state index in [-0.39, 0.29) is 208 Å². The molecule has 0 bridgehead atoms. The van der Waals surface area contributed by atoms with E-state index in [2.05, 4.69) is 8.62 Å². The Morgan fingerprint density at radius 3 is 0.895 bits per heavy atom. The summed E-state index contributed by atoms with van der Waals surface area (Å²) in [6.07, 6.45) is 0. The fourth-order valence-electron chi connectivity index (χ4n) is 0.284. The summed E-state index contributed by atoms with van der Waals surface area (Å²) >= 11 is 0. The Morgan fingerprint density at radius 2 is 0.789 bits per heavy atom. The predicted molar refractivity (Wildman–Crippen MR) is 79.6 cm³/mol. The van der Waals surface area contributed by atoms with Crippen molar-refractivity contribution in [2.24, 2.45) is 0 Å². The van der Waals surface area contributed by atoms with Crippen LogP contribution in [-0.2, 0) is 22.3 Å². The summed E-state index contributed by atoms with van der Waals surface area (Å²) in [5.41, 5.74) is 0. The molecular weight excluding hydrogens is 469 g/mol. The maximum Gasteiger partial charge on any atom is 2.00 e. The number of hydrogen-bond acceptors (Lipinski definition) is 5. The van der Waals surface area contributed by atoms with Gasteiger partial charge in [-0.2, -0.15) is 8.62 Å². The number of rotatable bonds is 4. The molecule has 0 aromatic rings. The molecule has 0 saturated heterocycles. The van der Waals surface area contributed by atoms with E-state index in [1.165, 1.54) is 0 Å². The zero-order valence-electron chi connectivity index (χ0n) is 19.7. The molecule has 7 N–H and O–H groups in total. The van der Waals surface area contributed by atoms with Crippen molar-refractivity contribution in [3.05, 3.63) is 0 Å². The molecule has 0 radical (unpaired) electrons. The second kappa shape index (κ2) is 19.4. The Morgan fingerprint density at radius 1 is 0.632 bits per heavy atom. The molecule has 0 aliphatic heterocycles. The standard InChI is InChI=1S/5Ca.H5O10P3.H2O.10H/c;;;;;1-11(2,3)9-13(7,8)10-12(4,5)6;;;;;;;;;;;/h;;;;;(H,7,8)(H2,1,2,3)(H2,4,5,6);1H2;;;;;;;;;;/q5*+2;;;10*-1. The Labute approximate surface area is 272 Å². The van der Waals surface area contributed by atoms with E-state index < -0.39 is 23.5 Å². The maximum atomic E-state index is 10.4. The van der Waals surface area contributed by atoms with Crippen LogP contribution in [0.2, 0.25) is 0 Å². The van der Waals surface area contributed by atoms with Crippen molar-refractivity contribution in [3.8, 4) is 0 Å². The first kappa shape index (κ1) is 44.8. The molecule has 0 amide bonds. The first-order valence-electron chi connectivity index (χ1n) is 2.28. The predicted octanol–water partition coefficient (Wildman–Crippen LogP) is -2.30. The van der Waals surface area contributed by atoms with Gasteiger partial charge in [0.15, 0.2) is 0 Å². The molecule has 0 saturated carbocycles. The van der Waals surface area contributed by atoms with Crippen LogP contribution in [0.3, 0.4) is 0 Å². The minimum Gasteiger partial charge on any atom is -1.00 e. The minimum atomic E-state index is -5.46. The molecule has 108 valence electrons. The maximum absolute atomic E-state index is 10.4. The summed E-state index contributed by atoms with van der Waals surface area (Å²) in [5, 5.41) is 0. The molecule has 0 spiro atoms. The normalized spacial score (nSPS) is 9.95. The molecule has 11 nitrogen and oxygen atoms in total. The molecule has 0 aliphatic rings. The third kappa shape index (κ3) is 36.4. The van der Waals surface area contributed by atoms with Crippen molar-refractivity contribution >= 4 is 212 Å². The second-order valence-corrected chi connectivity index (χ2v) is 5.82. The van der Waals surface area contributed by atoms with Crippen LogP contribution in [0.4, 0.5) is 0 Å². The molecule has 0 aromatic heterocycles. The molecular formula is H17Ca5O11P3. The van der Waals surface area contributed by atoms with Gasteiger partial charge in [0.05, 0.1) is 0 Å². The van der Waals surface area contributed by atoms with Crippen molar-refractivity contribution in [1.29, 1.82) is 0 Å². The zero-order chi connectivity index (χ0) is 10.9. The van der Waals surface area contributed by atoms with Crippen LogP contribution in [-0.4, -0.2) is 219 Å². The minimum absolute atomic E-state index is 0. The fraction of sp³-hybridized carbons (Fsp3) is 0. The van der Waals surface area contributed by atoms with E-state index in [1.807, 2.05) is 0 Å². The van der Waals surface area contributed by atoms with Crippen molar-refractivity contribution in [1.82, 2.24) is 0 Å². The molecule has 0 unspecified atom stereocenters. The quantitative estimate of drug-likeness (QED) is 0.212. The van der Waals surface area contributed by atoms with E-state index in [0.717, 1.165) is 0 Å². The van der Waals surface area contributed by atoms with Crippen molar-refractivity contribution in [2.75, 3.05) is 0 Å². The summed E-state index contributed by atoms with van der Waals surface area (Å²) in [4.78, 5) is 40.2. The first-order valence-corrected chi connectivity index (χ1v) is 6.83. The summed E-state index contributed by atoms with van der Waals surface area (Å²) in [6, 6.07) is 0. The van der Waals surface area contributed by atoms with Gasteiger partial charge in [-0.05, 0) is 0 Å². The number of hydrogen-bond donors (Lipinski definition) is 5. The van der Waals surface area contributed by atoms with Gasteiger partial charge in [0, 0.05) is 0 Å². The van der Waals surface area contributed by atoms with Crippen LogP contribution in [0, 0.1) is 0 Å². The van der Waals surface area contributed by atoms with Crippen LogP contribution in [0.1, 0.15) is 14.3 Å². The Balaban J connectivity index is -0.00000000600. The van der Waals surface area contributed by atoms with Crippen LogP contribution >= 0.6 is 23.5 Å². The third-order valence-electron chi connectivity index (χ3n) is 0.419. The van der Waals surface area contributed by atoms with Gasteiger partial charge in [0.25, 0.3) is 0 Å². The topological polar surface area (TPSA) is 202 Å². The van der Waals surface area contributed by atoms with Crippen LogP contribution in [0.15, 0.2) is 0 Å². The van der Waals surface area contributed by atoms with E-state index in [4.69, 9.17) is 24.5 Å². The van der Waals surface area contributed by atoms with Crippen LogP contribution in [0.25, 0.3) is 0 Å². The summed E-state index contributed by atoms with van der Waals surface area (Å²) in [6.45, 7) is 0. The zero-order valence-corrected chi connectivity index (χ0v) is 23.4. The second-order valence-electron chi connectivity index (χ2n) is 1.61. The van der Waals surface area contributed by atoms with Crippen LogP contribution < -0.4 is 0 Å². The summed E-state index contributed by atoms with van der Waals surface area (Å²) < 4.78 is 36.4. The van der Waals surface area contributed by atoms with Gasteiger partial charge in [0.2, 0.25) is 0 Å². The molecule has 0 fully saturated rings. The van der Waals surface area contributed by atoms with Gasteiger partial charge < -0.3 is 44.2 Å². The largest absolute Gasteiger partial charge is 2.00 e. The van der Waals surface area contributed by atoms with E-state index in [0.29, 0.717) is 0 Å². The Hall–Kier alpha value is 6.67. The van der Waals surface area contributed by atoms with E-state index >= 15 is 0 Å². The molecule has 0 aromatic carbocycles. The molecule has 19 heavy (non-hydrogen) atoms. The Kier molecular flexibility index (Phi) is 45.8. The smallest absolute Gasteiger partial charge is 1.00 e.